The molecule has 0 aliphatic carbocycles. The van der Waals surface area contributed by atoms with Gasteiger partial charge in [-0.1, -0.05) is 21.1 Å². The summed E-state index contributed by atoms with van der Waals surface area (Å²) in [5.41, 5.74) is 1.17. The Kier molecular flexibility index (Phi) is 3.58. The van der Waals surface area contributed by atoms with Crippen LogP contribution in [0.25, 0.3) is 11.0 Å². The second kappa shape index (κ2) is 5.42. The van der Waals surface area contributed by atoms with Crippen LogP contribution in [-0.2, 0) is 0 Å². The lowest BCUT2D eigenvalue weighted by molar-refractivity contribution is 0.0990. The Hall–Kier alpha value is -2.41. The highest BCUT2D eigenvalue weighted by Gasteiger charge is 2.22. The second-order valence-corrected chi connectivity index (χ2v) is 5.67. The van der Waals surface area contributed by atoms with E-state index in [1.54, 1.807) is 25.1 Å². The number of aromatic nitrogens is 1. The fourth-order valence-corrected chi connectivity index (χ4v) is 2.50. The number of hydrogen-bond acceptors (Lipinski definition) is 5. The van der Waals surface area contributed by atoms with Gasteiger partial charge < -0.3 is 14.3 Å². The van der Waals surface area contributed by atoms with Gasteiger partial charge in [-0.2, -0.15) is 0 Å². The normalized spacial score (nSPS) is 10.9. The maximum absolute atomic E-state index is 12.3. The van der Waals surface area contributed by atoms with Crippen LogP contribution in [0.3, 0.4) is 0 Å². The van der Waals surface area contributed by atoms with Crippen LogP contribution in [-0.4, -0.2) is 16.8 Å². The molecule has 1 aromatic carbocycles. The number of amides is 1. The van der Waals surface area contributed by atoms with Crippen molar-refractivity contribution in [1.29, 1.82) is 0 Å². The summed E-state index contributed by atoms with van der Waals surface area (Å²) in [6, 6.07) is 5.30. The molecule has 1 N–H and O–H groups in total. The first kappa shape index (κ1) is 14.5. The number of benzene rings is 1. The lowest BCUT2D eigenvalue weighted by Gasteiger charge is -2.03. The number of carbonyl (C=O) groups is 2. The fraction of sp³-hybridized carbons (Fsp3) is 0.133. The smallest absolute Gasteiger partial charge is 0.261 e. The maximum atomic E-state index is 12.3. The molecule has 2 aromatic heterocycles. The van der Waals surface area contributed by atoms with Gasteiger partial charge in [0.2, 0.25) is 0 Å². The third kappa shape index (κ3) is 2.43. The van der Waals surface area contributed by atoms with E-state index in [1.165, 1.54) is 13.1 Å². The zero-order valence-corrected chi connectivity index (χ0v) is 13.4. The van der Waals surface area contributed by atoms with Gasteiger partial charge in [0.25, 0.3) is 5.91 Å². The predicted molar refractivity (Wildman–Crippen MR) is 83.1 cm³/mol. The van der Waals surface area contributed by atoms with Crippen molar-refractivity contribution in [2.75, 3.05) is 5.32 Å². The number of nitrogens with zero attached hydrogens (tertiary/aromatic N) is 1. The molecular formula is C15H11BrN2O4. The van der Waals surface area contributed by atoms with Crippen molar-refractivity contribution in [3.8, 4) is 0 Å². The molecule has 0 fully saturated rings. The van der Waals surface area contributed by atoms with E-state index in [1.807, 2.05) is 0 Å². The average Bonchev–Trinajstić information content (AvgIpc) is 3.03. The van der Waals surface area contributed by atoms with Crippen molar-refractivity contribution < 1.29 is 18.5 Å². The van der Waals surface area contributed by atoms with Gasteiger partial charge in [-0.25, -0.2) is 0 Å². The monoisotopic (exact) mass is 362 g/mol. The minimum atomic E-state index is -0.413. The van der Waals surface area contributed by atoms with E-state index in [0.717, 1.165) is 4.47 Å². The number of rotatable bonds is 3. The van der Waals surface area contributed by atoms with E-state index in [9.17, 15) is 9.59 Å². The SMILES string of the molecule is CC(=O)c1oc2ccc(Br)cc2c1NC(=O)c1cnoc1C. The highest BCUT2D eigenvalue weighted by molar-refractivity contribution is 9.10. The molecule has 3 rings (SSSR count). The van der Waals surface area contributed by atoms with E-state index in [-0.39, 0.29) is 11.5 Å². The van der Waals surface area contributed by atoms with Gasteiger partial charge in [0.15, 0.2) is 11.5 Å². The van der Waals surface area contributed by atoms with Crippen molar-refractivity contribution >= 4 is 44.3 Å². The van der Waals surface area contributed by atoms with E-state index in [4.69, 9.17) is 8.94 Å². The topological polar surface area (TPSA) is 85.3 Å². The average molecular weight is 363 g/mol. The molecule has 1 amide bonds. The minimum absolute atomic E-state index is 0.107. The van der Waals surface area contributed by atoms with Gasteiger partial charge in [0.1, 0.15) is 16.9 Å². The van der Waals surface area contributed by atoms with E-state index < -0.39 is 5.91 Å². The van der Waals surface area contributed by atoms with Gasteiger partial charge in [0.05, 0.1) is 11.9 Å². The summed E-state index contributed by atoms with van der Waals surface area (Å²) in [5.74, 6) is -0.181. The third-order valence-electron chi connectivity index (χ3n) is 3.20. The number of furan rings is 1. The molecular weight excluding hydrogens is 352 g/mol. The number of anilines is 1. The first-order chi connectivity index (χ1) is 10.5. The standard InChI is InChI=1S/C15H11BrN2O4/c1-7(19)14-13(10-5-9(16)3-4-12(10)21-14)18-15(20)11-6-17-22-8(11)2/h3-6H,1-2H3,(H,18,20). The molecule has 0 spiro atoms. The van der Waals surface area contributed by atoms with E-state index in [2.05, 4.69) is 26.4 Å². The molecule has 2 heterocycles. The van der Waals surface area contributed by atoms with Crippen LogP contribution in [0.2, 0.25) is 0 Å². The van der Waals surface area contributed by atoms with Gasteiger partial charge in [-0.05, 0) is 25.1 Å². The zero-order chi connectivity index (χ0) is 15.9. The molecule has 0 radical (unpaired) electrons. The highest BCUT2D eigenvalue weighted by Crippen LogP contribution is 2.33. The molecule has 112 valence electrons. The molecule has 0 saturated carbocycles. The first-order valence-corrected chi connectivity index (χ1v) is 7.22. The Morgan fingerprint density at radius 2 is 2.09 bits per heavy atom. The third-order valence-corrected chi connectivity index (χ3v) is 3.70. The van der Waals surface area contributed by atoms with Crippen LogP contribution in [0.5, 0.6) is 0 Å². The number of nitrogens with one attached hydrogen (secondary N) is 1. The number of hydrogen-bond donors (Lipinski definition) is 1. The first-order valence-electron chi connectivity index (χ1n) is 6.43. The molecule has 0 saturated heterocycles. The van der Waals surface area contributed by atoms with Crippen LogP contribution in [0.4, 0.5) is 5.69 Å². The van der Waals surface area contributed by atoms with Gasteiger partial charge in [-0.3, -0.25) is 9.59 Å². The van der Waals surface area contributed by atoms with Crippen molar-refractivity contribution in [3.05, 3.63) is 46.0 Å². The molecule has 3 aromatic rings. The number of Topliss-reactive ketones (excluding diaryl/α,β-unsaturated/α-hetero) is 1. The van der Waals surface area contributed by atoms with Crippen molar-refractivity contribution in [2.24, 2.45) is 0 Å². The lowest BCUT2D eigenvalue weighted by Crippen LogP contribution is -2.13. The largest absolute Gasteiger partial charge is 0.451 e. The van der Waals surface area contributed by atoms with Crippen molar-refractivity contribution in [3.63, 3.8) is 0 Å². The Labute approximate surface area is 133 Å². The predicted octanol–water partition coefficient (Wildman–Crippen LogP) is 3.95. The van der Waals surface area contributed by atoms with Crippen molar-refractivity contribution in [2.45, 2.75) is 13.8 Å². The highest BCUT2D eigenvalue weighted by atomic mass is 79.9. The molecule has 7 heteroatoms. The van der Waals surface area contributed by atoms with Crippen LogP contribution < -0.4 is 5.32 Å². The summed E-state index contributed by atoms with van der Waals surface area (Å²) in [5, 5.41) is 6.92. The summed E-state index contributed by atoms with van der Waals surface area (Å²) in [7, 11) is 0. The molecule has 22 heavy (non-hydrogen) atoms. The van der Waals surface area contributed by atoms with Crippen LogP contribution >= 0.6 is 15.9 Å². The second-order valence-electron chi connectivity index (χ2n) is 4.75. The quantitative estimate of drug-likeness (QED) is 0.713. The zero-order valence-electron chi connectivity index (χ0n) is 11.8. The van der Waals surface area contributed by atoms with Crippen LogP contribution in [0, 0.1) is 6.92 Å². The van der Waals surface area contributed by atoms with Gasteiger partial charge >= 0.3 is 0 Å². The Balaban J connectivity index is 2.10. The molecule has 6 nitrogen and oxygen atoms in total. The molecule has 0 bridgehead atoms. The van der Waals surface area contributed by atoms with E-state index >= 15 is 0 Å². The number of ketones is 1. The number of aryl methyl sites for hydroxylation is 1. The van der Waals surface area contributed by atoms with Crippen LogP contribution in [0.15, 0.2) is 37.8 Å². The van der Waals surface area contributed by atoms with Crippen LogP contribution in [0.1, 0.15) is 33.6 Å². The molecule has 0 unspecified atom stereocenters. The number of halogens is 1. The molecule has 0 aliphatic heterocycles. The Bertz CT molecular complexity index is 894. The lowest BCUT2D eigenvalue weighted by atomic mass is 10.2. The number of carbonyl (C=O) groups excluding carboxylic acids is 2. The summed E-state index contributed by atoms with van der Waals surface area (Å²) in [4.78, 5) is 24.1. The summed E-state index contributed by atoms with van der Waals surface area (Å²) in [6.07, 6.45) is 1.33. The Morgan fingerprint density at radius 1 is 1.32 bits per heavy atom. The van der Waals surface area contributed by atoms with Crippen molar-refractivity contribution in [1.82, 2.24) is 5.16 Å². The molecule has 0 atom stereocenters. The fourth-order valence-electron chi connectivity index (χ4n) is 2.14. The van der Waals surface area contributed by atoms with E-state index in [0.29, 0.717) is 28.0 Å². The summed E-state index contributed by atoms with van der Waals surface area (Å²) >= 11 is 3.37. The molecule has 0 aliphatic rings. The number of fused-ring (bicyclic) bond motifs is 1. The van der Waals surface area contributed by atoms with Gasteiger partial charge in [-0.15, -0.1) is 0 Å². The Morgan fingerprint density at radius 3 is 2.73 bits per heavy atom. The minimum Gasteiger partial charge on any atom is -0.451 e. The van der Waals surface area contributed by atoms with Gasteiger partial charge in [0, 0.05) is 16.8 Å². The maximum Gasteiger partial charge on any atom is 0.261 e. The summed E-state index contributed by atoms with van der Waals surface area (Å²) in [6.45, 7) is 3.02. The summed E-state index contributed by atoms with van der Waals surface area (Å²) < 4.78 is 11.2.